The molecule has 2 unspecified atom stereocenters. The van der Waals surface area contributed by atoms with Crippen LogP contribution in [0, 0.1) is 19.8 Å². The number of alkyl carbamates (subject to hydrolysis) is 1. The maximum absolute atomic E-state index is 14.4. The molecule has 0 radical (unpaired) electrons. The summed E-state index contributed by atoms with van der Waals surface area (Å²) in [5.41, 5.74) is 2.28. The summed E-state index contributed by atoms with van der Waals surface area (Å²) in [6, 6.07) is 13.8. The van der Waals surface area contributed by atoms with E-state index in [4.69, 9.17) is 4.74 Å². The second-order valence-electron chi connectivity index (χ2n) is 12.2. The number of benzene rings is 2. The molecule has 0 spiro atoms. The van der Waals surface area contributed by atoms with Crippen LogP contribution in [0.25, 0.3) is 0 Å². The molecule has 0 aromatic heterocycles. The van der Waals surface area contributed by atoms with Gasteiger partial charge >= 0.3 is 6.09 Å². The normalized spacial score (nSPS) is 13.4. The lowest BCUT2D eigenvalue weighted by Crippen LogP contribution is -2.60. The molecule has 0 heterocycles. The predicted molar refractivity (Wildman–Crippen MR) is 156 cm³/mol. The minimum absolute atomic E-state index is 0.243. The lowest BCUT2D eigenvalue weighted by Gasteiger charge is -2.45. The Kier molecular flexibility index (Phi) is 10.7. The van der Waals surface area contributed by atoms with Crippen molar-refractivity contribution >= 4 is 17.9 Å². The summed E-state index contributed by atoms with van der Waals surface area (Å²) >= 11 is 0. The Morgan fingerprint density at radius 1 is 0.949 bits per heavy atom. The zero-order valence-corrected chi connectivity index (χ0v) is 25.3. The Bertz CT molecular complexity index is 1140. The minimum Gasteiger partial charge on any atom is -0.444 e. The van der Waals surface area contributed by atoms with Crippen LogP contribution >= 0.6 is 0 Å². The second-order valence-corrected chi connectivity index (χ2v) is 12.2. The zero-order chi connectivity index (χ0) is 29.5. The van der Waals surface area contributed by atoms with E-state index in [0.717, 1.165) is 22.3 Å². The van der Waals surface area contributed by atoms with Crippen molar-refractivity contribution in [2.75, 3.05) is 0 Å². The van der Waals surface area contributed by atoms with E-state index in [1.54, 1.807) is 25.7 Å². The van der Waals surface area contributed by atoms with Gasteiger partial charge in [0.2, 0.25) is 11.8 Å². The monoisotopic (exact) mass is 537 g/mol. The Hall–Kier alpha value is -3.35. The van der Waals surface area contributed by atoms with Gasteiger partial charge < -0.3 is 20.3 Å². The maximum Gasteiger partial charge on any atom is 0.408 e. The van der Waals surface area contributed by atoms with Crippen molar-refractivity contribution in [1.82, 2.24) is 15.5 Å². The Labute approximate surface area is 234 Å². The van der Waals surface area contributed by atoms with Crippen LogP contribution in [0.2, 0.25) is 0 Å². The molecule has 0 fully saturated rings. The van der Waals surface area contributed by atoms with Crippen LogP contribution < -0.4 is 10.6 Å². The number of carbonyl (C=O) groups excluding carboxylic acids is 3. The SMILES string of the molecule is CCC(C)(C)N(C(=O)C(NC(=O)OC(C)(C)C)C(C)C)C(C(=O)NCc1ccccc1)c1ccc(C)cc1C. The molecule has 39 heavy (non-hydrogen) atoms. The van der Waals surface area contributed by atoms with Crippen molar-refractivity contribution in [3.8, 4) is 0 Å². The summed E-state index contributed by atoms with van der Waals surface area (Å²) < 4.78 is 5.47. The molecule has 0 saturated heterocycles. The van der Waals surface area contributed by atoms with Gasteiger partial charge in [0.1, 0.15) is 17.7 Å². The van der Waals surface area contributed by atoms with Crippen molar-refractivity contribution < 1.29 is 19.1 Å². The second kappa shape index (κ2) is 13.1. The summed E-state index contributed by atoms with van der Waals surface area (Å²) in [6.07, 6.45) is -0.0657. The number of nitrogens with zero attached hydrogens (tertiary/aromatic N) is 1. The molecule has 7 heteroatoms. The van der Waals surface area contributed by atoms with E-state index in [1.807, 2.05) is 97.0 Å². The smallest absolute Gasteiger partial charge is 0.408 e. The van der Waals surface area contributed by atoms with Crippen LogP contribution in [0.3, 0.4) is 0 Å². The lowest BCUT2D eigenvalue weighted by molar-refractivity contribution is -0.150. The first-order valence-corrected chi connectivity index (χ1v) is 13.8. The summed E-state index contributed by atoms with van der Waals surface area (Å²) in [4.78, 5) is 42.9. The molecule has 0 bridgehead atoms. The largest absolute Gasteiger partial charge is 0.444 e. The predicted octanol–water partition coefficient (Wildman–Crippen LogP) is 6.23. The Morgan fingerprint density at radius 2 is 1.56 bits per heavy atom. The van der Waals surface area contributed by atoms with Crippen molar-refractivity contribution in [2.45, 2.75) is 105 Å². The number of rotatable bonds is 10. The van der Waals surface area contributed by atoms with Crippen LogP contribution in [0.5, 0.6) is 0 Å². The fourth-order valence-electron chi connectivity index (χ4n) is 4.46. The zero-order valence-electron chi connectivity index (χ0n) is 25.3. The Morgan fingerprint density at radius 3 is 2.08 bits per heavy atom. The van der Waals surface area contributed by atoms with Gasteiger partial charge in [-0.1, -0.05) is 74.9 Å². The summed E-state index contributed by atoms with van der Waals surface area (Å²) in [6.45, 7) is 19.3. The number of aryl methyl sites for hydroxylation is 2. The molecule has 0 saturated carbocycles. The summed E-state index contributed by atoms with van der Waals surface area (Å²) in [5, 5.41) is 5.86. The highest BCUT2D eigenvalue weighted by molar-refractivity contribution is 5.93. The van der Waals surface area contributed by atoms with E-state index in [-0.39, 0.29) is 17.7 Å². The average Bonchev–Trinajstić information content (AvgIpc) is 2.83. The molecule has 0 aliphatic heterocycles. The molecule has 7 nitrogen and oxygen atoms in total. The molecule has 0 aliphatic carbocycles. The van der Waals surface area contributed by atoms with Crippen molar-refractivity contribution in [3.05, 3.63) is 70.8 Å². The molecule has 2 atom stereocenters. The van der Waals surface area contributed by atoms with E-state index >= 15 is 0 Å². The van der Waals surface area contributed by atoms with Crippen LogP contribution in [0.4, 0.5) is 4.79 Å². The van der Waals surface area contributed by atoms with E-state index in [9.17, 15) is 14.4 Å². The number of hydrogen-bond donors (Lipinski definition) is 2. The van der Waals surface area contributed by atoms with Crippen LogP contribution in [-0.2, 0) is 20.9 Å². The van der Waals surface area contributed by atoms with Gasteiger partial charge in [0.25, 0.3) is 0 Å². The fraction of sp³-hybridized carbons (Fsp3) is 0.531. The van der Waals surface area contributed by atoms with Gasteiger partial charge in [-0.25, -0.2) is 4.79 Å². The first kappa shape index (κ1) is 31.9. The molecular formula is C32H47N3O4. The van der Waals surface area contributed by atoms with Gasteiger partial charge in [-0.3, -0.25) is 9.59 Å². The van der Waals surface area contributed by atoms with Gasteiger partial charge in [0.05, 0.1) is 0 Å². The topological polar surface area (TPSA) is 87.7 Å². The quantitative estimate of drug-likeness (QED) is 0.376. The summed E-state index contributed by atoms with van der Waals surface area (Å²) in [7, 11) is 0. The van der Waals surface area contributed by atoms with E-state index in [0.29, 0.717) is 13.0 Å². The molecule has 2 aromatic carbocycles. The number of ether oxygens (including phenoxy) is 1. The number of amides is 3. The molecule has 0 aliphatic rings. The first-order valence-electron chi connectivity index (χ1n) is 13.8. The van der Waals surface area contributed by atoms with Gasteiger partial charge in [-0.05, 0) is 77.5 Å². The summed E-state index contributed by atoms with van der Waals surface area (Å²) in [5.74, 6) is -0.852. The third-order valence-electron chi connectivity index (χ3n) is 6.90. The average molecular weight is 538 g/mol. The molecule has 2 aromatic rings. The molecular weight excluding hydrogens is 490 g/mol. The number of nitrogens with one attached hydrogen (secondary N) is 2. The highest BCUT2D eigenvalue weighted by Gasteiger charge is 2.44. The van der Waals surface area contributed by atoms with Crippen molar-refractivity contribution in [3.63, 3.8) is 0 Å². The fourth-order valence-corrected chi connectivity index (χ4v) is 4.46. The highest BCUT2D eigenvalue weighted by Crippen LogP contribution is 2.34. The number of carbonyl (C=O) groups is 3. The third-order valence-corrected chi connectivity index (χ3v) is 6.90. The van der Waals surface area contributed by atoms with E-state index in [2.05, 4.69) is 10.6 Å². The molecule has 3 amide bonds. The van der Waals surface area contributed by atoms with Crippen LogP contribution in [0.1, 0.15) is 90.1 Å². The third kappa shape index (κ3) is 8.84. The van der Waals surface area contributed by atoms with Crippen molar-refractivity contribution in [1.29, 1.82) is 0 Å². The standard InChI is InChI=1S/C32H47N3O4/c1-11-32(9,10)35(29(37)26(21(2)3)34-30(38)39-31(6,7)8)27(25-18-17-22(4)19-23(25)5)28(36)33-20-24-15-13-12-14-16-24/h12-19,21,26-27H,11,20H2,1-10H3,(H,33,36)(H,34,38). The van der Waals surface area contributed by atoms with Crippen LogP contribution in [0.15, 0.2) is 48.5 Å². The van der Waals surface area contributed by atoms with Gasteiger partial charge in [0.15, 0.2) is 0 Å². The highest BCUT2D eigenvalue weighted by atomic mass is 16.6. The Balaban J connectivity index is 2.60. The van der Waals surface area contributed by atoms with E-state index < -0.39 is 29.3 Å². The first-order chi connectivity index (χ1) is 18.1. The van der Waals surface area contributed by atoms with Gasteiger partial charge in [0, 0.05) is 12.1 Å². The van der Waals surface area contributed by atoms with Gasteiger partial charge in [-0.2, -0.15) is 0 Å². The van der Waals surface area contributed by atoms with Crippen LogP contribution in [-0.4, -0.2) is 40.0 Å². The van der Waals surface area contributed by atoms with Crippen molar-refractivity contribution in [2.24, 2.45) is 5.92 Å². The molecule has 2 rings (SSSR count). The maximum atomic E-state index is 14.4. The lowest BCUT2D eigenvalue weighted by atomic mass is 9.88. The molecule has 2 N–H and O–H groups in total. The number of hydrogen-bond acceptors (Lipinski definition) is 4. The van der Waals surface area contributed by atoms with Gasteiger partial charge in [-0.15, -0.1) is 0 Å². The minimum atomic E-state index is -0.904. The molecule has 214 valence electrons. The van der Waals surface area contributed by atoms with E-state index in [1.165, 1.54) is 0 Å².